The van der Waals surface area contributed by atoms with Gasteiger partial charge >= 0.3 is 0 Å². The van der Waals surface area contributed by atoms with Crippen LogP contribution in [-0.4, -0.2) is 24.5 Å². The molecule has 1 aromatic carbocycles. The molecule has 1 aliphatic rings. The second kappa shape index (κ2) is 7.80. The highest BCUT2D eigenvalue weighted by Gasteiger charge is 2.25. The Kier molecular flexibility index (Phi) is 6.06. The smallest absolute Gasteiger partial charge is 0.0473 e. The van der Waals surface area contributed by atoms with Crippen molar-refractivity contribution in [2.24, 2.45) is 11.7 Å². The fourth-order valence-electron chi connectivity index (χ4n) is 3.62. The van der Waals surface area contributed by atoms with E-state index in [0.29, 0.717) is 6.04 Å². The molecular weight excluding hydrogens is 244 g/mol. The topological polar surface area (TPSA) is 29.3 Å². The Morgan fingerprint density at radius 2 is 1.90 bits per heavy atom. The van der Waals surface area contributed by atoms with Gasteiger partial charge in [0.05, 0.1) is 0 Å². The first-order valence-electron chi connectivity index (χ1n) is 8.32. The number of benzene rings is 1. The van der Waals surface area contributed by atoms with Gasteiger partial charge < -0.3 is 5.73 Å². The molecule has 0 aromatic heterocycles. The lowest BCUT2D eigenvalue weighted by Gasteiger charge is -2.38. The summed E-state index contributed by atoms with van der Waals surface area (Å²) < 4.78 is 0. The number of piperidine rings is 1. The van der Waals surface area contributed by atoms with Crippen molar-refractivity contribution in [3.8, 4) is 0 Å². The SMILES string of the molecule is CCCC1CCN(C(CN)c2ccccc2CC)CC1. The van der Waals surface area contributed by atoms with Crippen LogP contribution in [0.15, 0.2) is 24.3 Å². The van der Waals surface area contributed by atoms with Crippen molar-refractivity contribution >= 4 is 0 Å². The van der Waals surface area contributed by atoms with E-state index >= 15 is 0 Å². The first kappa shape index (κ1) is 15.5. The summed E-state index contributed by atoms with van der Waals surface area (Å²) in [5.74, 6) is 0.941. The Morgan fingerprint density at radius 3 is 2.50 bits per heavy atom. The van der Waals surface area contributed by atoms with Crippen LogP contribution in [0.4, 0.5) is 0 Å². The molecule has 0 bridgehead atoms. The largest absolute Gasteiger partial charge is 0.329 e. The second-order valence-electron chi connectivity index (χ2n) is 6.07. The third-order valence-corrected chi connectivity index (χ3v) is 4.81. The van der Waals surface area contributed by atoms with E-state index in [4.69, 9.17) is 5.73 Å². The molecule has 1 atom stereocenters. The van der Waals surface area contributed by atoms with Crippen LogP contribution in [0.2, 0.25) is 0 Å². The first-order chi connectivity index (χ1) is 9.80. The molecule has 0 amide bonds. The lowest BCUT2D eigenvalue weighted by Crippen LogP contribution is -2.40. The number of likely N-dealkylation sites (tertiary alicyclic amines) is 1. The summed E-state index contributed by atoms with van der Waals surface area (Å²) in [6.45, 7) is 7.69. The number of rotatable bonds is 6. The van der Waals surface area contributed by atoms with Crippen LogP contribution in [-0.2, 0) is 6.42 Å². The molecular formula is C18H30N2. The van der Waals surface area contributed by atoms with E-state index in [9.17, 15) is 0 Å². The molecule has 1 aromatic rings. The lowest BCUT2D eigenvalue weighted by atomic mass is 9.90. The molecule has 0 aliphatic carbocycles. The quantitative estimate of drug-likeness (QED) is 0.856. The van der Waals surface area contributed by atoms with Gasteiger partial charge in [-0.05, 0) is 49.4 Å². The van der Waals surface area contributed by atoms with Crippen molar-refractivity contribution in [3.05, 3.63) is 35.4 Å². The highest BCUT2D eigenvalue weighted by Crippen LogP contribution is 2.30. The molecule has 112 valence electrons. The van der Waals surface area contributed by atoms with Crippen LogP contribution in [0.5, 0.6) is 0 Å². The van der Waals surface area contributed by atoms with Gasteiger partial charge in [0, 0.05) is 12.6 Å². The number of aryl methyl sites for hydroxylation is 1. The van der Waals surface area contributed by atoms with Gasteiger partial charge in [-0.15, -0.1) is 0 Å². The zero-order valence-electron chi connectivity index (χ0n) is 13.1. The van der Waals surface area contributed by atoms with Gasteiger partial charge in [0.2, 0.25) is 0 Å². The average Bonchev–Trinajstić information content (AvgIpc) is 2.50. The van der Waals surface area contributed by atoms with Crippen molar-refractivity contribution < 1.29 is 0 Å². The van der Waals surface area contributed by atoms with Crippen LogP contribution in [0.3, 0.4) is 0 Å². The van der Waals surface area contributed by atoms with Gasteiger partial charge in [0.25, 0.3) is 0 Å². The maximum Gasteiger partial charge on any atom is 0.0473 e. The monoisotopic (exact) mass is 274 g/mol. The normalized spacial score (nSPS) is 19.1. The minimum Gasteiger partial charge on any atom is -0.329 e. The minimum atomic E-state index is 0.411. The highest BCUT2D eigenvalue weighted by atomic mass is 15.2. The average molecular weight is 274 g/mol. The predicted octanol–water partition coefficient (Wildman–Crippen LogP) is 3.76. The maximum absolute atomic E-state index is 6.11. The fraction of sp³-hybridized carbons (Fsp3) is 0.667. The van der Waals surface area contributed by atoms with Gasteiger partial charge in [0.15, 0.2) is 0 Å². The molecule has 1 saturated heterocycles. The fourth-order valence-corrected chi connectivity index (χ4v) is 3.62. The van der Waals surface area contributed by atoms with Gasteiger partial charge in [-0.1, -0.05) is 51.0 Å². The third kappa shape index (κ3) is 3.62. The molecule has 0 radical (unpaired) electrons. The first-order valence-corrected chi connectivity index (χ1v) is 8.32. The highest BCUT2D eigenvalue weighted by molar-refractivity contribution is 5.30. The summed E-state index contributed by atoms with van der Waals surface area (Å²) >= 11 is 0. The zero-order valence-corrected chi connectivity index (χ0v) is 13.1. The molecule has 1 aliphatic heterocycles. The van der Waals surface area contributed by atoms with E-state index in [1.807, 2.05) is 0 Å². The van der Waals surface area contributed by atoms with E-state index in [0.717, 1.165) is 18.9 Å². The third-order valence-electron chi connectivity index (χ3n) is 4.81. The van der Waals surface area contributed by atoms with Crippen molar-refractivity contribution in [2.75, 3.05) is 19.6 Å². The number of hydrogen-bond donors (Lipinski definition) is 1. The number of nitrogens with zero attached hydrogens (tertiary/aromatic N) is 1. The molecule has 2 nitrogen and oxygen atoms in total. The summed E-state index contributed by atoms with van der Waals surface area (Å²) in [6.07, 6.45) is 6.51. The van der Waals surface area contributed by atoms with Crippen molar-refractivity contribution in [2.45, 2.75) is 52.0 Å². The van der Waals surface area contributed by atoms with Crippen LogP contribution >= 0.6 is 0 Å². The minimum absolute atomic E-state index is 0.411. The summed E-state index contributed by atoms with van der Waals surface area (Å²) in [5, 5.41) is 0. The van der Waals surface area contributed by atoms with E-state index in [2.05, 4.69) is 43.0 Å². The van der Waals surface area contributed by atoms with Crippen molar-refractivity contribution in [1.82, 2.24) is 4.90 Å². The maximum atomic E-state index is 6.11. The zero-order chi connectivity index (χ0) is 14.4. The van der Waals surface area contributed by atoms with E-state index in [1.54, 1.807) is 0 Å². The van der Waals surface area contributed by atoms with Gasteiger partial charge in [0.1, 0.15) is 0 Å². The van der Waals surface area contributed by atoms with E-state index < -0.39 is 0 Å². The van der Waals surface area contributed by atoms with E-state index in [1.165, 1.54) is 49.9 Å². The number of hydrogen-bond acceptors (Lipinski definition) is 2. The Hall–Kier alpha value is -0.860. The van der Waals surface area contributed by atoms with Crippen LogP contribution < -0.4 is 5.73 Å². The van der Waals surface area contributed by atoms with Crippen molar-refractivity contribution in [1.29, 1.82) is 0 Å². The standard InChI is InChI=1S/C18H30N2/c1-3-7-15-10-12-20(13-11-15)18(14-19)17-9-6-5-8-16(17)4-2/h5-6,8-9,15,18H,3-4,7,10-14,19H2,1-2H3. The summed E-state index contributed by atoms with van der Waals surface area (Å²) in [5.41, 5.74) is 9.02. The molecule has 1 unspecified atom stereocenters. The van der Waals surface area contributed by atoms with Gasteiger partial charge in [-0.2, -0.15) is 0 Å². The molecule has 1 fully saturated rings. The molecule has 0 saturated carbocycles. The van der Waals surface area contributed by atoms with Crippen LogP contribution in [0.25, 0.3) is 0 Å². The predicted molar refractivity (Wildman–Crippen MR) is 86.8 cm³/mol. The molecule has 2 heteroatoms. The Bertz CT molecular complexity index is 394. The Balaban J connectivity index is 2.06. The van der Waals surface area contributed by atoms with Gasteiger partial charge in [-0.3, -0.25) is 4.90 Å². The molecule has 2 rings (SSSR count). The lowest BCUT2D eigenvalue weighted by molar-refractivity contribution is 0.131. The Morgan fingerprint density at radius 1 is 1.20 bits per heavy atom. The summed E-state index contributed by atoms with van der Waals surface area (Å²) in [6, 6.07) is 9.23. The second-order valence-corrected chi connectivity index (χ2v) is 6.07. The molecule has 0 spiro atoms. The molecule has 1 heterocycles. The van der Waals surface area contributed by atoms with E-state index in [-0.39, 0.29) is 0 Å². The molecule has 20 heavy (non-hydrogen) atoms. The van der Waals surface area contributed by atoms with Crippen molar-refractivity contribution in [3.63, 3.8) is 0 Å². The van der Waals surface area contributed by atoms with Gasteiger partial charge in [-0.25, -0.2) is 0 Å². The Labute approximate surface area is 124 Å². The molecule has 2 N–H and O–H groups in total. The summed E-state index contributed by atoms with van der Waals surface area (Å²) in [7, 11) is 0. The number of nitrogens with two attached hydrogens (primary N) is 1. The van der Waals surface area contributed by atoms with Crippen LogP contribution in [0.1, 0.15) is 56.7 Å². The summed E-state index contributed by atoms with van der Waals surface area (Å²) in [4.78, 5) is 2.61. The van der Waals surface area contributed by atoms with Crippen LogP contribution in [0, 0.1) is 5.92 Å².